The third kappa shape index (κ3) is 5.44. The van der Waals surface area contributed by atoms with E-state index < -0.39 is 0 Å². The van der Waals surface area contributed by atoms with Crippen LogP contribution in [0.25, 0.3) is 0 Å². The molecule has 1 aliphatic rings. The Kier molecular flexibility index (Phi) is 7.43. The third-order valence-corrected chi connectivity index (χ3v) is 3.98. The van der Waals surface area contributed by atoms with Crippen LogP contribution >= 0.6 is 0 Å². The number of nitrogens with one attached hydrogen (secondary N) is 1. The summed E-state index contributed by atoms with van der Waals surface area (Å²) in [6.07, 6.45) is 8.24. The van der Waals surface area contributed by atoms with Gasteiger partial charge < -0.3 is 14.8 Å². The normalized spacial score (nSPS) is 15.7. The summed E-state index contributed by atoms with van der Waals surface area (Å²) in [6.45, 7) is 4.41. The molecular formula is C17H29N3O2. The van der Waals surface area contributed by atoms with E-state index >= 15 is 0 Å². The van der Waals surface area contributed by atoms with Gasteiger partial charge in [0.1, 0.15) is 11.6 Å². The Hall–Kier alpha value is -1.36. The molecule has 5 nitrogen and oxygen atoms in total. The van der Waals surface area contributed by atoms with Gasteiger partial charge in [-0.2, -0.15) is 4.98 Å². The number of hydrogen-bond donors (Lipinski definition) is 1. The average molecular weight is 307 g/mol. The molecule has 1 aromatic rings. The summed E-state index contributed by atoms with van der Waals surface area (Å²) < 4.78 is 10.8. The minimum Gasteiger partial charge on any atom is -0.478 e. The van der Waals surface area contributed by atoms with Gasteiger partial charge in [0.2, 0.25) is 5.88 Å². The Morgan fingerprint density at radius 3 is 2.73 bits per heavy atom. The number of methoxy groups -OCH3 is 1. The van der Waals surface area contributed by atoms with Gasteiger partial charge in [0.25, 0.3) is 0 Å². The maximum atomic E-state index is 5.74. The Bertz CT molecular complexity index is 434. The highest BCUT2D eigenvalue weighted by Gasteiger charge is 2.19. The first-order valence-electron chi connectivity index (χ1n) is 8.58. The smallest absolute Gasteiger partial charge is 0.218 e. The second kappa shape index (κ2) is 9.62. The highest BCUT2D eigenvalue weighted by Crippen LogP contribution is 2.32. The predicted molar refractivity (Wildman–Crippen MR) is 88.6 cm³/mol. The van der Waals surface area contributed by atoms with Gasteiger partial charge in [-0.15, -0.1) is 0 Å². The van der Waals surface area contributed by atoms with Crippen molar-refractivity contribution in [3.63, 3.8) is 0 Å². The largest absolute Gasteiger partial charge is 0.478 e. The molecule has 1 aliphatic carbocycles. The average Bonchev–Trinajstić information content (AvgIpc) is 2.57. The standard InChI is InChI=1S/C17H29N3O2/c1-3-11-22-16-13-15(18-10-7-12-21-2)19-17(20-16)14-8-5-4-6-9-14/h13-14H,3-12H2,1-2H3,(H,18,19,20). The maximum absolute atomic E-state index is 5.74. The molecule has 1 aromatic heterocycles. The first kappa shape index (κ1) is 17.0. The van der Waals surface area contributed by atoms with Crippen LogP contribution in [0.4, 0.5) is 5.82 Å². The first-order valence-corrected chi connectivity index (χ1v) is 8.58. The molecule has 1 fully saturated rings. The number of ether oxygens (including phenoxy) is 2. The van der Waals surface area contributed by atoms with Crippen LogP contribution in [0.5, 0.6) is 5.88 Å². The fourth-order valence-corrected chi connectivity index (χ4v) is 2.79. The van der Waals surface area contributed by atoms with Crippen molar-refractivity contribution in [3.8, 4) is 5.88 Å². The van der Waals surface area contributed by atoms with Gasteiger partial charge in [-0.3, -0.25) is 0 Å². The first-order chi connectivity index (χ1) is 10.8. The zero-order valence-electron chi connectivity index (χ0n) is 13.9. The third-order valence-electron chi connectivity index (χ3n) is 3.98. The Balaban J connectivity index is 2.05. The number of aromatic nitrogens is 2. The summed E-state index contributed by atoms with van der Waals surface area (Å²) >= 11 is 0. The Labute approximate surface area is 133 Å². The lowest BCUT2D eigenvalue weighted by Crippen LogP contribution is -2.13. The molecule has 0 spiro atoms. The van der Waals surface area contributed by atoms with Crippen molar-refractivity contribution < 1.29 is 9.47 Å². The van der Waals surface area contributed by atoms with Gasteiger partial charge in [0.15, 0.2) is 0 Å². The monoisotopic (exact) mass is 307 g/mol. The zero-order chi connectivity index (χ0) is 15.6. The molecule has 5 heteroatoms. The predicted octanol–water partition coefficient (Wildman–Crippen LogP) is 3.76. The van der Waals surface area contributed by atoms with Gasteiger partial charge in [-0.25, -0.2) is 4.98 Å². The second-order valence-corrected chi connectivity index (χ2v) is 5.91. The molecule has 1 saturated carbocycles. The van der Waals surface area contributed by atoms with Crippen molar-refractivity contribution >= 4 is 5.82 Å². The SMILES string of the molecule is CCCOc1cc(NCCCOC)nc(C2CCCCC2)n1. The van der Waals surface area contributed by atoms with Crippen molar-refractivity contribution in [2.45, 2.75) is 57.8 Å². The molecule has 0 atom stereocenters. The Morgan fingerprint density at radius 1 is 1.18 bits per heavy atom. The fourth-order valence-electron chi connectivity index (χ4n) is 2.79. The summed E-state index contributed by atoms with van der Waals surface area (Å²) in [6, 6.07) is 1.91. The zero-order valence-corrected chi connectivity index (χ0v) is 13.9. The van der Waals surface area contributed by atoms with Crippen molar-refractivity contribution in [1.82, 2.24) is 9.97 Å². The van der Waals surface area contributed by atoms with Crippen LogP contribution in [-0.4, -0.2) is 36.8 Å². The van der Waals surface area contributed by atoms with Crippen LogP contribution in [-0.2, 0) is 4.74 Å². The number of anilines is 1. The van der Waals surface area contributed by atoms with E-state index in [1.165, 1.54) is 32.1 Å². The van der Waals surface area contributed by atoms with Gasteiger partial charge >= 0.3 is 0 Å². The number of nitrogens with zero attached hydrogens (tertiary/aromatic N) is 2. The van der Waals surface area contributed by atoms with Gasteiger partial charge in [0.05, 0.1) is 6.61 Å². The molecule has 22 heavy (non-hydrogen) atoms. The van der Waals surface area contributed by atoms with Crippen LogP contribution in [0.2, 0.25) is 0 Å². The van der Waals surface area contributed by atoms with Crippen LogP contribution in [0.15, 0.2) is 6.07 Å². The van der Waals surface area contributed by atoms with Crippen molar-refractivity contribution in [2.75, 3.05) is 32.2 Å². The van der Waals surface area contributed by atoms with Crippen LogP contribution in [0, 0.1) is 0 Å². The maximum Gasteiger partial charge on any atom is 0.218 e. The van der Waals surface area contributed by atoms with E-state index in [0.29, 0.717) is 18.4 Å². The number of rotatable bonds is 9. The molecule has 0 saturated heterocycles. The molecule has 1 heterocycles. The van der Waals surface area contributed by atoms with Crippen LogP contribution < -0.4 is 10.1 Å². The summed E-state index contributed by atoms with van der Waals surface area (Å²) in [5.74, 6) is 3.01. The minimum atomic E-state index is 0.485. The molecule has 0 unspecified atom stereocenters. The highest BCUT2D eigenvalue weighted by atomic mass is 16.5. The highest BCUT2D eigenvalue weighted by molar-refractivity contribution is 5.39. The van der Waals surface area contributed by atoms with E-state index in [2.05, 4.69) is 17.2 Å². The van der Waals surface area contributed by atoms with Gasteiger partial charge in [0, 0.05) is 32.2 Å². The van der Waals surface area contributed by atoms with E-state index in [1.54, 1.807) is 7.11 Å². The second-order valence-electron chi connectivity index (χ2n) is 5.91. The minimum absolute atomic E-state index is 0.485. The summed E-state index contributed by atoms with van der Waals surface area (Å²) in [5.41, 5.74) is 0. The fraction of sp³-hybridized carbons (Fsp3) is 0.765. The van der Waals surface area contributed by atoms with E-state index in [9.17, 15) is 0 Å². The lowest BCUT2D eigenvalue weighted by Gasteiger charge is -2.21. The molecular weight excluding hydrogens is 278 g/mol. The topological polar surface area (TPSA) is 56.3 Å². The summed E-state index contributed by atoms with van der Waals surface area (Å²) in [5, 5.41) is 3.36. The van der Waals surface area contributed by atoms with E-state index in [-0.39, 0.29) is 0 Å². The molecule has 0 radical (unpaired) electrons. The van der Waals surface area contributed by atoms with Crippen molar-refractivity contribution in [3.05, 3.63) is 11.9 Å². The van der Waals surface area contributed by atoms with E-state index in [0.717, 1.165) is 37.6 Å². The molecule has 0 aliphatic heterocycles. The lowest BCUT2D eigenvalue weighted by molar-refractivity contribution is 0.197. The molecule has 0 aromatic carbocycles. The van der Waals surface area contributed by atoms with E-state index in [4.69, 9.17) is 14.5 Å². The molecule has 0 amide bonds. The quantitative estimate of drug-likeness (QED) is 0.704. The molecule has 124 valence electrons. The van der Waals surface area contributed by atoms with Gasteiger partial charge in [-0.1, -0.05) is 26.2 Å². The van der Waals surface area contributed by atoms with Crippen LogP contribution in [0.3, 0.4) is 0 Å². The molecule has 2 rings (SSSR count). The molecule has 0 bridgehead atoms. The lowest BCUT2D eigenvalue weighted by atomic mass is 9.89. The Morgan fingerprint density at radius 2 is 2.00 bits per heavy atom. The van der Waals surface area contributed by atoms with Crippen LogP contribution in [0.1, 0.15) is 63.6 Å². The molecule has 1 N–H and O–H groups in total. The number of hydrogen-bond acceptors (Lipinski definition) is 5. The van der Waals surface area contributed by atoms with Crippen molar-refractivity contribution in [2.24, 2.45) is 0 Å². The summed E-state index contributed by atoms with van der Waals surface area (Å²) in [4.78, 5) is 9.36. The summed E-state index contributed by atoms with van der Waals surface area (Å²) in [7, 11) is 1.72. The van der Waals surface area contributed by atoms with Gasteiger partial charge in [-0.05, 0) is 25.7 Å². The van der Waals surface area contributed by atoms with E-state index in [1.807, 2.05) is 6.07 Å². The van der Waals surface area contributed by atoms with Crippen molar-refractivity contribution in [1.29, 1.82) is 0 Å².